The Balaban J connectivity index is 1.68. The number of thiophene rings is 2. The quantitative estimate of drug-likeness (QED) is 0.246. The Bertz CT molecular complexity index is 1580. The van der Waals surface area contributed by atoms with E-state index in [-0.39, 0.29) is 11.5 Å². The summed E-state index contributed by atoms with van der Waals surface area (Å²) in [5.41, 5.74) is 11.2. The summed E-state index contributed by atoms with van der Waals surface area (Å²) in [7, 11) is 0. The van der Waals surface area contributed by atoms with Crippen molar-refractivity contribution in [3.63, 3.8) is 0 Å². The van der Waals surface area contributed by atoms with Gasteiger partial charge in [0.25, 0.3) is 0 Å². The van der Waals surface area contributed by atoms with E-state index >= 15 is 0 Å². The molecule has 0 bridgehead atoms. The highest BCUT2D eigenvalue weighted by atomic mass is 32.1. The van der Waals surface area contributed by atoms with Gasteiger partial charge in [-0.2, -0.15) is 22.7 Å². The topological polar surface area (TPSA) is 40.5 Å². The molecule has 37 heavy (non-hydrogen) atoms. The van der Waals surface area contributed by atoms with Gasteiger partial charge in [0.1, 0.15) is 11.5 Å². The first-order valence-electron chi connectivity index (χ1n) is 12.1. The van der Waals surface area contributed by atoms with Gasteiger partial charge in [-0.05, 0) is 114 Å². The molecular formula is C33H22O2S2. The highest BCUT2D eigenvalue weighted by Gasteiger charge is 2.47. The maximum Gasteiger partial charge on any atom is 0.115 e. The van der Waals surface area contributed by atoms with E-state index in [4.69, 9.17) is 0 Å². The Morgan fingerprint density at radius 3 is 1.30 bits per heavy atom. The highest BCUT2D eigenvalue weighted by Crippen LogP contribution is 2.60. The average Bonchev–Trinajstić information content (AvgIpc) is 3.70. The van der Waals surface area contributed by atoms with Gasteiger partial charge >= 0.3 is 0 Å². The number of hydrogen-bond donors (Lipinski definition) is 2. The molecule has 0 unspecified atom stereocenters. The Kier molecular flexibility index (Phi) is 5.07. The lowest BCUT2D eigenvalue weighted by atomic mass is 9.67. The van der Waals surface area contributed by atoms with Crippen LogP contribution in [0.1, 0.15) is 22.3 Å². The van der Waals surface area contributed by atoms with E-state index in [0.29, 0.717) is 0 Å². The molecule has 178 valence electrons. The lowest BCUT2D eigenvalue weighted by Gasteiger charge is -2.34. The van der Waals surface area contributed by atoms with Crippen molar-refractivity contribution in [2.24, 2.45) is 0 Å². The van der Waals surface area contributed by atoms with Gasteiger partial charge < -0.3 is 10.2 Å². The Labute approximate surface area is 223 Å². The van der Waals surface area contributed by atoms with Gasteiger partial charge in [-0.25, -0.2) is 0 Å². The largest absolute Gasteiger partial charge is 0.508 e. The molecule has 1 aliphatic rings. The number of rotatable bonds is 4. The molecular weight excluding hydrogens is 492 g/mol. The average molecular weight is 515 g/mol. The third kappa shape index (κ3) is 3.23. The van der Waals surface area contributed by atoms with Gasteiger partial charge in [0.2, 0.25) is 0 Å². The molecule has 2 nitrogen and oxygen atoms in total. The highest BCUT2D eigenvalue weighted by molar-refractivity contribution is 7.08. The summed E-state index contributed by atoms with van der Waals surface area (Å²) in [5.74, 6) is 0.476. The lowest BCUT2D eigenvalue weighted by molar-refractivity contribution is 0.475. The van der Waals surface area contributed by atoms with E-state index in [2.05, 4.69) is 70.1 Å². The molecule has 0 fully saturated rings. The third-order valence-electron chi connectivity index (χ3n) is 7.45. The molecule has 0 atom stereocenters. The molecule has 4 heteroatoms. The maximum atomic E-state index is 10.2. The van der Waals surface area contributed by atoms with Gasteiger partial charge in [0, 0.05) is 0 Å². The van der Waals surface area contributed by atoms with Crippen LogP contribution >= 0.6 is 22.7 Å². The van der Waals surface area contributed by atoms with E-state index < -0.39 is 5.41 Å². The van der Waals surface area contributed by atoms with Crippen LogP contribution in [0.25, 0.3) is 33.4 Å². The summed E-state index contributed by atoms with van der Waals surface area (Å²) >= 11 is 3.41. The second-order valence-corrected chi connectivity index (χ2v) is 10.9. The molecule has 0 aliphatic heterocycles. The summed E-state index contributed by atoms with van der Waals surface area (Å²) in [6.07, 6.45) is 0. The zero-order valence-corrected chi connectivity index (χ0v) is 21.4. The van der Waals surface area contributed by atoms with Crippen LogP contribution in [0, 0.1) is 0 Å². The van der Waals surface area contributed by atoms with Crippen molar-refractivity contribution < 1.29 is 10.2 Å². The van der Waals surface area contributed by atoms with Gasteiger partial charge in [-0.1, -0.05) is 60.7 Å². The van der Waals surface area contributed by atoms with Gasteiger partial charge in [-0.15, -0.1) is 0 Å². The van der Waals surface area contributed by atoms with E-state index in [1.807, 2.05) is 24.3 Å². The third-order valence-corrected chi connectivity index (χ3v) is 8.82. The number of fused-ring (bicyclic) bond motifs is 3. The fraction of sp³-hybridized carbons (Fsp3) is 0.0303. The minimum absolute atomic E-state index is 0.238. The van der Waals surface area contributed by atoms with E-state index in [1.54, 1.807) is 46.9 Å². The fourth-order valence-corrected chi connectivity index (χ4v) is 7.25. The monoisotopic (exact) mass is 514 g/mol. The van der Waals surface area contributed by atoms with Gasteiger partial charge in [0.05, 0.1) is 5.41 Å². The van der Waals surface area contributed by atoms with Crippen molar-refractivity contribution in [3.05, 3.63) is 141 Å². The van der Waals surface area contributed by atoms with Crippen LogP contribution in [0.5, 0.6) is 11.5 Å². The molecule has 2 N–H and O–H groups in total. The molecule has 0 spiro atoms. The Morgan fingerprint density at radius 1 is 0.486 bits per heavy atom. The van der Waals surface area contributed by atoms with Crippen LogP contribution < -0.4 is 0 Å². The van der Waals surface area contributed by atoms with Crippen LogP contribution in [0.3, 0.4) is 0 Å². The summed E-state index contributed by atoms with van der Waals surface area (Å²) in [6.45, 7) is 0. The first kappa shape index (κ1) is 22.1. The number of phenols is 2. The lowest BCUT2D eigenvalue weighted by Crippen LogP contribution is -2.28. The van der Waals surface area contributed by atoms with Crippen LogP contribution in [-0.2, 0) is 5.41 Å². The van der Waals surface area contributed by atoms with Gasteiger partial charge in [0.15, 0.2) is 0 Å². The van der Waals surface area contributed by atoms with E-state index in [0.717, 1.165) is 11.1 Å². The molecule has 4 aromatic carbocycles. The van der Waals surface area contributed by atoms with Crippen LogP contribution in [-0.4, -0.2) is 10.2 Å². The molecule has 0 amide bonds. The van der Waals surface area contributed by atoms with E-state index in [9.17, 15) is 10.2 Å². The predicted octanol–water partition coefficient (Wildman–Crippen LogP) is 8.92. The predicted molar refractivity (Wildman–Crippen MR) is 154 cm³/mol. The molecule has 0 radical (unpaired) electrons. The Morgan fingerprint density at radius 2 is 0.919 bits per heavy atom. The number of hydrogen-bond acceptors (Lipinski definition) is 4. The molecule has 0 saturated heterocycles. The molecule has 7 rings (SSSR count). The minimum atomic E-state index is -0.621. The molecule has 1 aliphatic carbocycles. The normalized spacial score (nSPS) is 13.3. The Hall–Kier alpha value is -4.12. The smallest absolute Gasteiger partial charge is 0.115 e. The first-order chi connectivity index (χ1) is 18.2. The second kappa shape index (κ2) is 8.48. The minimum Gasteiger partial charge on any atom is -0.508 e. The summed E-state index contributed by atoms with van der Waals surface area (Å²) in [6, 6.07) is 32.7. The van der Waals surface area contributed by atoms with Crippen molar-refractivity contribution >= 4 is 22.7 Å². The van der Waals surface area contributed by atoms with E-state index in [1.165, 1.54) is 44.5 Å². The number of benzene rings is 4. The van der Waals surface area contributed by atoms with Crippen LogP contribution in [0.2, 0.25) is 0 Å². The van der Waals surface area contributed by atoms with Crippen molar-refractivity contribution in [3.8, 4) is 44.9 Å². The second-order valence-electron chi connectivity index (χ2n) is 9.32. The maximum absolute atomic E-state index is 10.2. The summed E-state index contributed by atoms with van der Waals surface area (Å²) in [5, 5.41) is 29.1. The molecule has 2 aromatic heterocycles. The molecule has 6 aromatic rings. The number of phenolic OH excluding ortho intramolecular Hbond substituents is 2. The van der Waals surface area contributed by atoms with Gasteiger partial charge in [-0.3, -0.25) is 0 Å². The van der Waals surface area contributed by atoms with Crippen LogP contribution in [0.4, 0.5) is 0 Å². The zero-order valence-electron chi connectivity index (χ0n) is 19.8. The molecule has 0 saturated carbocycles. The first-order valence-corrected chi connectivity index (χ1v) is 14.0. The van der Waals surface area contributed by atoms with Crippen molar-refractivity contribution in [2.45, 2.75) is 5.41 Å². The summed E-state index contributed by atoms with van der Waals surface area (Å²) < 4.78 is 0. The number of aromatic hydroxyl groups is 2. The fourth-order valence-electron chi connectivity index (χ4n) is 5.94. The van der Waals surface area contributed by atoms with Crippen molar-refractivity contribution in [1.82, 2.24) is 0 Å². The molecule has 2 heterocycles. The zero-order chi connectivity index (χ0) is 25.0. The van der Waals surface area contributed by atoms with Crippen molar-refractivity contribution in [2.75, 3.05) is 0 Å². The SMILES string of the molecule is Oc1ccc(C2(c3ccc(O)cc3)c3cccc(-c4ccsc4)c3-c3c(-c4ccsc4)cccc32)cc1. The van der Waals surface area contributed by atoms with Crippen LogP contribution in [0.15, 0.2) is 119 Å². The standard InChI is InChI=1S/C33H22O2S2/c34-25-11-7-23(8-12-25)33(24-9-13-26(35)14-10-24)29-5-1-3-27(21-15-17-36-19-21)31(29)32-28(4-2-6-30(32)33)22-16-18-37-20-22/h1-20,34-35H. The summed E-state index contributed by atoms with van der Waals surface area (Å²) in [4.78, 5) is 0. The van der Waals surface area contributed by atoms with Crippen molar-refractivity contribution in [1.29, 1.82) is 0 Å².